The quantitative estimate of drug-likeness (QED) is 0.0978. The van der Waals surface area contributed by atoms with Gasteiger partial charge in [-0.15, -0.1) is 43.7 Å². The Morgan fingerprint density at radius 3 is 1.00 bits per heavy atom. The van der Waals surface area contributed by atoms with E-state index < -0.39 is 0 Å². The van der Waals surface area contributed by atoms with Crippen LogP contribution in [0.25, 0.3) is 109 Å². The third-order valence-electron chi connectivity index (χ3n) is 19.8. The van der Waals surface area contributed by atoms with Crippen LogP contribution in [0.2, 0.25) is 0 Å². The summed E-state index contributed by atoms with van der Waals surface area (Å²) >= 11 is 0. The molecule has 1 heterocycles. The summed E-state index contributed by atoms with van der Waals surface area (Å²) in [5.74, 6) is 0. The summed E-state index contributed by atoms with van der Waals surface area (Å²) in [7, 11) is 50.2. The molecule has 0 N–H and O–H groups in total. The Kier molecular flexibility index (Phi) is 11.4. The van der Waals surface area contributed by atoms with Gasteiger partial charge < -0.3 is 4.42 Å². The molecule has 0 unspecified atom stereocenters. The maximum absolute atomic E-state index is 6.53. The second-order valence-electron chi connectivity index (χ2n) is 22.5. The highest BCUT2D eigenvalue weighted by atomic mass is 16.3. The number of fused-ring (bicyclic) bond motifs is 9. The first kappa shape index (κ1) is 48.9. The van der Waals surface area contributed by atoms with Crippen LogP contribution in [0, 0.1) is 0 Å². The van der Waals surface area contributed by atoms with Crippen molar-refractivity contribution in [1.82, 2.24) is 0 Å². The zero-order valence-corrected chi connectivity index (χ0v) is 47.1. The SMILES string of the molecule is Bc1c(B)c(-c2c3c(B)c(B)c(B)c(B)c3c(-c3c(B)c4c(B)c(B)c(B)c(B)c4c4c(B)c(B)c(B)c(B)c34)c3c(B)c(B)c(B)c(B)c23)c(B)c(B)c1-c1ccc2oc3cc4ccccc4cc3c2c1. The molecule has 10 aromatic carbocycles. The van der Waals surface area contributed by atoms with Gasteiger partial charge in [0.2, 0.25) is 0 Å². The molecule has 0 saturated heterocycles. The largest absolute Gasteiger partial charge is 0.456 e. The van der Waals surface area contributed by atoms with Gasteiger partial charge >= 0.3 is 0 Å². The van der Waals surface area contributed by atoms with Crippen molar-refractivity contribution in [3.8, 4) is 33.4 Å². The van der Waals surface area contributed by atoms with Crippen molar-refractivity contribution in [1.29, 1.82) is 0 Å². The molecular formula is C50H51B21O. The van der Waals surface area contributed by atoms with Gasteiger partial charge in [-0.1, -0.05) is 101 Å². The van der Waals surface area contributed by atoms with Gasteiger partial charge in [-0.05, 0) is 112 Å². The Labute approximate surface area is 444 Å². The van der Waals surface area contributed by atoms with E-state index in [1.807, 2.05) is 0 Å². The van der Waals surface area contributed by atoms with Crippen molar-refractivity contribution < 1.29 is 4.42 Å². The van der Waals surface area contributed by atoms with E-state index in [-0.39, 0.29) is 0 Å². The molecule has 22 heteroatoms. The Hall–Kier alpha value is -5.34. The van der Waals surface area contributed by atoms with E-state index in [1.165, 1.54) is 202 Å². The number of hydrogen-bond donors (Lipinski definition) is 0. The molecule has 72 heavy (non-hydrogen) atoms. The Balaban J connectivity index is 1.35. The van der Waals surface area contributed by atoms with E-state index in [0.717, 1.165) is 21.9 Å². The van der Waals surface area contributed by atoms with E-state index in [2.05, 4.69) is 219 Å². The molecule has 0 saturated carbocycles. The van der Waals surface area contributed by atoms with Gasteiger partial charge in [0, 0.05) is 10.8 Å². The van der Waals surface area contributed by atoms with E-state index in [9.17, 15) is 0 Å². The van der Waals surface area contributed by atoms with Crippen LogP contribution in [0.1, 0.15) is 0 Å². The summed E-state index contributed by atoms with van der Waals surface area (Å²) in [6.45, 7) is 0. The van der Waals surface area contributed by atoms with Gasteiger partial charge in [-0.2, -0.15) is 0 Å². The lowest BCUT2D eigenvalue weighted by atomic mass is 9.56. The first-order chi connectivity index (χ1) is 34.0. The van der Waals surface area contributed by atoms with Crippen LogP contribution in [0.4, 0.5) is 0 Å². The predicted octanol–water partition coefficient (Wildman–Crippen LogP) is -22.2. The third-order valence-corrected chi connectivity index (χ3v) is 19.8. The second-order valence-corrected chi connectivity index (χ2v) is 22.5. The fourth-order valence-corrected chi connectivity index (χ4v) is 14.0. The lowest BCUT2D eigenvalue weighted by Crippen LogP contribution is -2.52. The van der Waals surface area contributed by atoms with Crippen molar-refractivity contribution in [3.63, 3.8) is 0 Å². The van der Waals surface area contributed by atoms with Gasteiger partial charge in [0.25, 0.3) is 0 Å². The van der Waals surface area contributed by atoms with Crippen molar-refractivity contribution in [2.75, 3.05) is 0 Å². The van der Waals surface area contributed by atoms with E-state index >= 15 is 0 Å². The smallest absolute Gasteiger partial charge is 0.140 e. The third kappa shape index (κ3) is 6.38. The first-order valence-corrected chi connectivity index (χ1v) is 26.4. The zero-order valence-electron chi connectivity index (χ0n) is 47.1. The highest BCUT2D eigenvalue weighted by molar-refractivity contribution is 6.77. The molecule has 0 fully saturated rings. The minimum Gasteiger partial charge on any atom is -0.456 e. The Morgan fingerprint density at radius 2 is 0.556 bits per heavy atom. The van der Waals surface area contributed by atoms with Crippen LogP contribution in [0.15, 0.2) is 59.0 Å². The minimum absolute atomic E-state index is 0.927. The fraction of sp³-hybridized carbons (Fsp3) is 0. The fourth-order valence-electron chi connectivity index (χ4n) is 14.0. The van der Waals surface area contributed by atoms with E-state index in [0.29, 0.717) is 0 Å². The van der Waals surface area contributed by atoms with Crippen molar-refractivity contribution in [2.45, 2.75) is 0 Å². The maximum Gasteiger partial charge on any atom is 0.140 e. The Morgan fingerprint density at radius 1 is 0.222 bits per heavy atom. The molecule has 0 radical (unpaired) electrons. The standard InChI is InChI=1S/C50H51B21O/c51-30-20(25-26(38(59)48(69)47(68)37(25)58)27-29(30)42(63)50(71)49(70)39(27)60)18-21-23(35(56)45(66)43(64)33(21)54)19(24-22(18)34(55)44(65)46(67)36(24)57)28-40(61)31(52)17(32(53)41(28)62)12-5-6-15-13(8-12)14-7-10-3-1-2-4-11(10)9-16(14)72-15/h1-9H,51-71H2. The molecule has 0 amide bonds. The van der Waals surface area contributed by atoms with Gasteiger partial charge in [0.15, 0.2) is 0 Å². The predicted molar refractivity (Wildman–Crippen MR) is 389 cm³/mol. The molecule has 1 aromatic heterocycles. The van der Waals surface area contributed by atoms with Crippen molar-refractivity contribution in [2.24, 2.45) is 0 Å². The lowest BCUT2D eigenvalue weighted by Gasteiger charge is -2.33. The summed E-state index contributed by atoms with van der Waals surface area (Å²) in [4.78, 5) is 0. The molecule has 0 aliphatic heterocycles. The molecule has 11 aromatic rings. The second kappa shape index (κ2) is 16.8. The highest BCUT2D eigenvalue weighted by Crippen LogP contribution is 2.42. The molecule has 0 aliphatic rings. The molecule has 0 atom stereocenters. The Bertz CT molecular complexity index is 4300. The summed E-state index contributed by atoms with van der Waals surface area (Å²) in [5, 5.41) is 16.1. The molecule has 11 rings (SSSR count). The first-order valence-electron chi connectivity index (χ1n) is 26.4. The number of rotatable bonds is 3. The number of benzene rings is 10. The molecule has 0 spiro atoms. The minimum atomic E-state index is 0.927. The monoisotopic (exact) mass is 899 g/mol. The summed E-state index contributed by atoms with van der Waals surface area (Å²) in [6, 6.07) is 20.0. The van der Waals surface area contributed by atoms with Crippen LogP contribution in [-0.4, -0.2) is 165 Å². The summed E-state index contributed by atoms with van der Waals surface area (Å²) in [6.07, 6.45) is 0. The van der Waals surface area contributed by atoms with Crippen LogP contribution in [-0.2, 0) is 0 Å². The maximum atomic E-state index is 6.53. The van der Waals surface area contributed by atoms with E-state index in [4.69, 9.17) is 4.42 Å². The average Bonchev–Trinajstić information content (AvgIpc) is 3.72. The van der Waals surface area contributed by atoms with Gasteiger partial charge in [-0.25, -0.2) is 0 Å². The molecule has 0 aliphatic carbocycles. The average molecular weight is 895 g/mol. The van der Waals surface area contributed by atoms with Gasteiger partial charge in [0.1, 0.15) is 176 Å². The van der Waals surface area contributed by atoms with E-state index in [1.54, 1.807) is 0 Å². The van der Waals surface area contributed by atoms with Gasteiger partial charge in [-0.3, -0.25) is 0 Å². The molecule has 320 valence electrons. The normalized spacial score (nSPS) is 11.9. The zero-order chi connectivity index (χ0) is 51.7. The van der Waals surface area contributed by atoms with Gasteiger partial charge in [0.05, 0.1) is 0 Å². The van der Waals surface area contributed by atoms with Crippen LogP contribution < -0.4 is 115 Å². The lowest BCUT2D eigenvalue weighted by molar-refractivity contribution is 0.669. The molecular weight excluding hydrogens is 844 g/mol. The number of hydrogen-bond acceptors (Lipinski definition) is 1. The van der Waals surface area contributed by atoms with Crippen LogP contribution >= 0.6 is 0 Å². The summed E-state index contributed by atoms with van der Waals surface area (Å²) < 4.78 is 6.53. The number of furan rings is 1. The highest BCUT2D eigenvalue weighted by Gasteiger charge is 2.31. The van der Waals surface area contributed by atoms with Crippen molar-refractivity contribution >= 4 is 355 Å². The van der Waals surface area contributed by atoms with Crippen LogP contribution in [0.3, 0.4) is 0 Å². The summed E-state index contributed by atoms with van der Waals surface area (Å²) in [5.41, 5.74) is 39.1. The topological polar surface area (TPSA) is 13.1 Å². The van der Waals surface area contributed by atoms with Crippen molar-refractivity contribution in [3.05, 3.63) is 54.6 Å². The molecule has 0 bridgehead atoms. The van der Waals surface area contributed by atoms with Crippen LogP contribution in [0.5, 0.6) is 0 Å². The molecule has 1 nitrogen and oxygen atoms in total.